The van der Waals surface area contributed by atoms with Gasteiger partial charge >= 0.3 is 5.69 Å². The number of ether oxygens (including phenoxy) is 1. The van der Waals surface area contributed by atoms with Gasteiger partial charge < -0.3 is 10.5 Å². The second-order valence-electron chi connectivity index (χ2n) is 6.35. The number of pyridine rings is 1. The van der Waals surface area contributed by atoms with Crippen LogP contribution in [0.5, 0.6) is 11.5 Å². The number of fused-ring (bicyclic) bond motifs is 1. The molecule has 0 aliphatic rings. The van der Waals surface area contributed by atoms with Crippen LogP contribution in [0.4, 0.5) is 5.82 Å². The quantitative estimate of drug-likeness (QED) is 0.441. The molecule has 8 nitrogen and oxygen atoms in total. The average molecular weight is 465 g/mol. The van der Waals surface area contributed by atoms with Gasteiger partial charge in [-0.2, -0.15) is 4.68 Å². The number of hydrogen-bond donors (Lipinski definition) is 2. The van der Waals surface area contributed by atoms with E-state index in [0.717, 1.165) is 15.6 Å². The van der Waals surface area contributed by atoms with Crippen LogP contribution in [0.1, 0.15) is 5.56 Å². The zero-order valence-corrected chi connectivity index (χ0v) is 17.5. The zero-order valence-electron chi connectivity index (χ0n) is 15.2. The smallest absolute Gasteiger partial charge is 0.349 e. The van der Waals surface area contributed by atoms with Crippen LogP contribution in [0, 0.1) is 6.92 Å². The lowest BCUT2D eigenvalue weighted by molar-refractivity contribution is 0.483. The molecule has 3 N–H and O–H groups in total. The first kappa shape index (κ1) is 20.2. The van der Waals surface area contributed by atoms with Crippen molar-refractivity contribution >= 4 is 51.5 Å². The van der Waals surface area contributed by atoms with Crippen LogP contribution in [-0.2, 0) is 0 Å². The molecule has 0 radical (unpaired) electrons. The molecular formula is C19H12Cl3N5O3. The maximum absolute atomic E-state index is 12.0. The highest BCUT2D eigenvalue weighted by molar-refractivity contribution is 6.37. The Balaban J connectivity index is 1.74. The summed E-state index contributed by atoms with van der Waals surface area (Å²) in [6.45, 7) is 1.86. The second kappa shape index (κ2) is 7.64. The molecule has 0 fully saturated rings. The number of aromatic nitrogens is 4. The average Bonchev–Trinajstić information content (AvgIpc) is 2.68. The first-order valence-corrected chi connectivity index (χ1v) is 9.59. The third kappa shape index (κ3) is 3.72. The van der Waals surface area contributed by atoms with Crippen LogP contribution in [0.3, 0.4) is 0 Å². The number of benzene rings is 2. The normalized spacial score (nSPS) is 11.1. The number of aryl methyl sites for hydroxylation is 1. The molecule has 0 amide bonds. The van der Waals surface area contributed by atoms with Gasteiger partial charge in [-0.25, -0.2) is 9.78 Å². The number of H-pyrrole nitrogens is 1. The number of hydrogen-bond acceptors (Lipinski definition) is 6. The molecule has 152 valence electrons. The number of halogens is 3. The molecule has 2 aromatic heterocycles. The Bertz CT molecular complexity index is 1410. The third-order valence-electron chi connectivity index (χ3n) is 4.22. The van der Waals surface area contributed by atoms with E-state index in [-0.39, 0.29) is 27.3 Å². The largest absolute Gasteiger partial charge is 0.454 e. The molecule has 0 aliphatic heterocycles. The molecule has 0 saturated heterocycles. The van der Waals surface area contributed by atoms with Crippen molar-refractivity contribution < 1.29 is 4.74 Å². The maximum atomic E-state index is 12.0. The number of nitrogen functional groups attached to an aromatic ring is 1. The molecule has 2 heterocycles. The van der Waals surface area contributed by atoms with Crippen molar-refractivity contribution in [1.29, 1.82) is 0 Å². The summed E-state index contributed by atoms with van der Waals surface area (Å²) >= 11 is 18.7. The summed E-state index contributed by atoms with van der Waals surface area (Å²) in [6, 6.07) is 9.97. The number of nitrogens with two attached hydrogens (primary N) is 1. The van der Waals surface area contributed by atoms with E-state index in [0.29, 0.717) is 16.4 Å². The highest BCUT2D eigenvalue weighted by Gasteiger charge is 2.15. The number of anilines is 1. The summed E-state index contributed by atoms with van der Waals surface area (Å²) < 4.78 is 6.75. The van der Waals surface area contributed by atoms with Crippen LogP contribution >= 0.6 is 34.8 Å². The minimum atomic E-state index is -0.786. The Morgan fingerprint density at radius 3 is 2.47 bits per heavy atom. The van der Waals surface area contributed by atoms with Crippen molar-refractivity contribution in [2.24, 2.45) is 0 Å². The number of rotatable bonds is 3. The summed E-state index contributed by atoms with van der Waals surface area (Å²) in [6.07, 6.45) is 0. The Kier molecular flexibility index (Phi) is 5.15. The first-order chi connectivity index (χ1) is 14.2. The Morgan fingerprint density at radius 1 is 1.07 bits per heavy atom. The number of nitrogens with zero attached hydrogens (tertiary/aromatic N) is 3. The van der Waals surface area contributed by atoms with Crippen LogP contribution in [-0.4, -0.2) is 19.7 Å². The molecule has 4 aromatic rings. The molecule has 0 bridgehead atoms. The van der Waals surface area contributed by atoms with Crippen molar-refractivity contribution in [1.82, 2.24) is 19.7 Å². The molecule has 0 unspecified atom stereocenters. The molecule has 30 heavy (non-hydrogen) atoms. The minimum absolute atomic E-state index is 0.126. The summed E-state index contributed by atoms with van der Waals surface area (Å²) in [5.74, 6) is 0.291. The predicted molar refractivity (Wildman–Crippen MR) is 116 cm³/mol. The monoisotopic (exact) mass is 463 g/mol. The number of nitrogens with one attached hydrogen (secondary N) is 1. The van der Waals surface area contributed by atoms with Crippen molar-refractivity contribution in [3.05, 3.63) is 78.0 Å². The Hall–Kier alpha value is -3.07. The summed E-state index contributed by atoms with van der Waals surface area (Å²) in [5, 5.41) is 5.27. The summed E-state index contributed by atoms with van der Waals surface area (Å²) in [4.78, 5) is 29.8. The van der Waals surface area contributed by atoms with Gasteiger partial charge in [-0.1, -0.05) is 34.8 Å². The molecule has 4 rings (SSSR count). The molecule has 0 saturated carbocycles. The van der Waals surface area contributed by atoms with Gasteiger partial charge in [0.1, 0.15) is 10.9 Å². The topological polar surface area (TPSA) is 116 Å². The maximum Gasteiger partial charge on any atom is 0.349 e. The van der Waals surface area contributed by atoms with Gasteiger partial charge in [-0.05, 0) is 48.9 Å². The fraction of sp³-hybridized carbons (Fsp3) is 0.0526. The lowest BCUT2D eigenvalue weighted by Gasteiger charge is -2.13. The van der Waals surface area contributed by atoms with E-state index in [1.807, 2.05) is 13.0 Å². The minimum Gasteiger partial charge on any atom is -0.454 e. The fourth-order valence-electron chi connectivity index (χ4n) is 2.77. The van der Waals surface area contributed by atoms with E-state index < -0.39 is 11.2 Å². The lowest BCUT2D eigenvalue weighted by atomic mass is 10.1. The van der Waals surface area contributed by atoms with Crippen LogP contribution in [0.15, 0.2) is 46.0 Å². The van der Waals surface area contributed by atoms with E-state index in [9.17, 15) is 9.59 Å². The Labute approximate surface area is 183 Å². The molecule has 0 atom stereocenters. The first-order valence-electron chi connectivity index (χ1n) is 8.46. The standard InChI is InChI=1S/C19H12Cl3N5O3/c1-8-4-9-5-11(2-3-14(9)24-16(8)22)30-15-12(20)6-10(7-13(15)21)27-19(29)25-18(28)17(23)26-27/h2-7H,1H3,(H2,23,26)(H,25,28,29). The van der Waals surface area contributed by atoms with Crippen LogP contribution in [0.25, 0.3) is 16.6 Å². The van der Waals surface area contributed by atoms with Crippen LogP contribution in [0.2, 0.25) is 15.2 Å². The third-order valence-corrected chi connectivity index (χ3v) is 5.16. The molecule has 0 spiro atoms. The highest BCUT2D eigenvalue weighted by Crippen LogP contribution is 2.38. The van der Waals surface area contributed by atoms with Crippen molar-refractivity contribution in [2.45, 2.75) is 6.92 Å². The highest BCUT2D eigenvalue weighted by atomic mass is 35.5. The van der Waals surface area contributed by atoms with Crippen molar-refractivity contribution in [2.75, 3.05) is 5.73 Å². The van der Waals surface area contributed by atoms with Gasteiger partial charge in [-0.3, -0.25) is 9.78 Å². The summed E-state index contributed by atoms with van der Waals surface area (Å²) in [7, 11) is 0. The lowest BCUT2D eigenvalue weighted by Crippen LogP contribution is -2.33. The van der Waals surface area contributed by atoms with Gasteiger partial charge in [0.25, 0.3) is 5.56 Å². The molecule has 11 heteroatoms. The Morgan fingerprint density at radius 2 is 1.77 bits per heavy atom. The molecular weight excluding hydrogens is 453 g/mol. The van der Waals surface area contributed by atoms with Crippen LogP contribution < -0.4 is 21.7 Å². The van der Waals surface area contributed by atoms with Gasteiger partial charge in [-0.15, -0.1) is 5.10 Å². The van der Waals surface area contributed by atoms with Gasteiger partial charge in [0.05, 0.1) is 21.2 Å². The van der Waals surface area contributed by atoms with E-state index in [1.165, 1.54) is 12.1 Å². The predicted octanol–water partition coefficient (Wildman–Crippen LogP) is 4.11. The van der Waals surface area contributed by atoms with E-state index in [2.05, 4.69) is 15.1 Å². The van der Waals surface area contributed by atoms with E-state index in [4.69, 9.17) is 45.3 Å². The van der Waals surface area contributed by atoms with E-state index in [1.54, 1.807) is 18.2 Å². The van der Waals surface area contributed by atoms with Crippen molar-refractivity contribution in [3.8, 4) is 17.2 Å². The molecule has 0 aliphatic carbocycles. The van der Waals surface area contributed by atoms with Gasteiger partial charge in [0, 0.05) is 5.39 Å². The van der Waals surface area contributed by atoms with E-state index >= 15 is 0 Å². The SMILES string of the molecule is Cc1cc2cc(Oc3c(Cl)cc(-n4nc(N)c(=O)[nH]c4=O)cc3Cl)ccc2nc1Cl. The van der Waals surface area contributed by atoms with Crippen molar-refractivity contribution in [3.63, 3.8) is 0 Å². The summed E-state index contributed by atoms with van der Waals surface area (Å²) in [5.41, 5.74) is 5.67. The van der Waals surface area contributed by atoms with Gasteiger partial charge in [0.15, 0.2) is 5.75 Å². The zero-order chi connectivity index (χ0) is 21.6. The second-order valence-corrected chi connectivity index (χ2v) is 7.52. The molecule has 2 aromatic carbocycles. The van der Waals surface area contributed by atoms with Gasteiger partial charge in [0.2, 0.25) is 5.82 Å². The fourth-order valence-corrected chi connectivity index (χ4v) is 3.47. The number of aromatic amines is 1.